The first-order valence-corrected chi connectivity index (χ1v) is 12.6. The Balaban J connectivity index is 1.35. The molecule has 1 fully saturated rings. The molecule has 2 aromatic carbocycles. The van der Waals surface area contributed by atoms with E-state index in [9.17, 15) is 9.18 Å². The third-order valence-electron chi connectivity index (χ3n) is 7.64. The normalized spacial score (nSPS) is 17.7. The summed E-state index contributed by atoms with van der Waals surface area (Å²) in [6, 6.07) is 10.8. The number of likely N-dealkylation sites (tertiary alicyclic amines) is 1. The van der Waals surface area contributed by atoms with Crippen LogP contribution in [0.5, 0.6) is 0 Å². The molecule has 3 heterocycles. The summed E-state index contributed by atoms with van der Waals surface area (Å²) in [6.07, 6.45) is 1.30. The van der Waals surface area contributed by atoms with Crippen LogP contribution in [-0.4, -0.2) is 58.5 Å². The Morgan fingerprint density at radius 1 is 1.11 bits per heavy atom. The number of halogens is 2. The van der Waals surface area contributed by atoms with Crippen LogP contribution in [0.25, 0.3) is 11.4 Å². The average molecular weight is 494 g/mol. The van der Waals surface area contributed by atoms with Crippen LogP contribution in [0, 0.1) is 13.8 Å². The Bertz CT molecular complexity index is 1260. The van der Waals surface area contributed by atoms with Gasteiger partial charge in [0.25, 0.3) is 5.91 Å². The monoisotopic (exact) mass is 493 g/mol. The molecule has 36 heavy (non-hydrogen) atoms. The van der Waals surface area contributed by atoms with Crippen molar-refractivity contribution >= 4 is 11.6 Å². The highest BCUT2D eigenvalue weighted by molar-refractivity contribution is 5.97. The standard InChI is InChI=1S/C28H33F2N5O/c1-18-15-19(2)23(16-22(18)26-32-24-7-11-34(14-10-29)17-25(24)33-26)27(36)35-12-8-28(30,9-13-35)20-3-5-21(31)6-4-20/h3-6,15-16H,7-14,17,31H2,1-2H3,(H,32,33). The number of aromatic nitrogens is 2. The predicted octanol–water partition coefficient (Wildman–Crippen LogP) is 4.70. The van der Waals surface area contributed by atoms with E-state index in [0.29, 0.717) is 43.0 Å². The molecule has 1 amide bonds. The number of nitrogen functional groups attached to an aromatic ring is 1. The molecule has 0 saturated carbocycles. The van der Waals surface area contributed by atoms with Gasteiger partial charge in [0.2, 0.25) is 0 Å². The number of aromatic amines is 1. The molecule has 190 valence electrons. The summed E-state index contributed by atoms with van der Waals surface area (Å²) in [7, 11) is 0. The number of hydrogen-bond donors (Lipinski definition) is 2. The molecule has 6 nitrogen and oxygen atoms in total. The van der Waals surface area contributed by atoms with Crippen LogP contribution in [0.3, 0.4) is 0 Å². The second kappa shape index (κ2) is 9.65. The number of imidazole rings is 1. The van der Waals surface area contributed by atoms with E-state index in [2.05, 4.69) is 9.88 Å². The van der Waals surface area contributed by atoms with Crippen LogP contribution < -0.4 is 5.73 Å². The highest BCUT2D eigenvalue weighted by atomic mass is 19.1. The second-order valence-electron chi connectivity index (χ2n) is 10.1. The van der Waals surface area contributed by atoms with E-state index >= 15 is 4.39 Å². The minimum atomic E-state index is -1.46. The van der Waals surface area contributed by atoms with E-state index in [1.54, 1.807) is 29.2 Å². The summed E-state index contributed by atoms with van der Waals surface area (Å²) < 4.78 is 28.5. The van der Waals surface area contributed by atoms with Crippen molar-refractivity contribution < 1.29 is 13.6 Å². The lowest BCUT2D eigenvalue weighted by molar-refractivity contribution is 0.0421. The van der Waals surface area contributed by atoms with Gasteiger partial charge in [-0.1, -0.05) is 18.2 Å². The topological polar surface area (TPSA) is 78.2 Å². The fourth-order valence-electron chi connectivity index (χ4n) is 5.42. The van der Waals surface area contributed by atoms with Crippen molar-refractivity contribution in [3.05, 3.63) is 70.0 Å². The van der Waals surface area contributed by atoms with Crippen molar-refractivity contribution in [1.82, 2.24) is 19.8 Å². The van der Waals surface area contributed by atoms with Gasteiger partial charge in [-0.05, 0) is 48.7 Å². The number of amides is 1. The Labute approximate surface area is 210 Å². The van der Waals surface area contributed by atoms with Crippen molar-refractivity contribution in [2.75, 3.05) is 38.6 Å². The molecule has 3 N–H and O–H groups in total. The first-order valence-electron chi connectivity index (χ1n) is 12.6. The predicted molar refractivity (Wildman–Crippen MR) is 137 cm³/mol. The number of piperidine rings is 1. The van der Waals surface area contributed by atoms with Crippen molar-refractivity contribution in [1.29, 1.82) is 0 Å². The van der Waals surface area contributed by atoms with Crippen molar-refractivity contribution in [2.24, 2.45) is 0 Å². The van der Waals surface area contributed by atoms with E-state index < -0.39 is 5.67 Å². The number of anilines is 1. The number of fused-ring (bicyclic) bond motifs is 1. The maximum Gasteiger partial charge on any atom is 0.254 e. The third-order valence-corrected chi connectivity index (χ3v) is 7.64. The number of nitrogens with two attached hydrogens (primary N) is 1. The number of hydrogen-bond acceptors (Lipinski definition) is 4. The molecule has 1 aromatic heterocycles. The summed E-state index contributed by atoms with van der Waals surface area (Å²) in [4.78, 5) is 25.6. The highest BCUT2D eigenvalue weighted by Crippen LogP contribution is 2.38. The fraction of sp³-hybridized carbons (Fsp3) is 0.429. The quantitative estimate of drug-likeness (QED) is 0.505. The number of benzene rings is 2. The first kappa shape index (κ1) is 24.4. The molecular formula is C28H33F2N5O. The van der Waals surface area contributed by atoms with Gasteiger partial charge in [-0.15, -0.1) is 0 Å². The van der Waals surface area contributed by atoms with Crippen LogP contribution in [0.2, 0.25) is 0 Å². The lowest BCUT2D eigenvalue weighted by Crippen LogP contribution is -2.43. The van der Waals surface area contributed by atoms with E-state index in [-0.39, 0.29) is 25.4 Å². The molecule has 0 bridgehead atoms. The lowest BCUT2D eigenvalue weighted by Gasteiger charge is -2.37. The number of nitrogens with zero attached hydrogens (tertiary/aromatic N) is 3. The SMILES string of the molecule is Cc1cc(C)c(-c2nc3c([nH]2)CCN(CCF)C3)cc1C(=O)N1CCC(F)(c2ccc(N)cc2)CC1. The van der Waals surface area contributed by atoms with Gasteiger partial charge >= 0.3 is 0 Å². The molecule has 0 unspecified atom stereocenters. The van der Waals surface area contributed by atoms with Gasteiger partial charge in [-0.2, -0.15) is 0 Å². The Hall–Kier alpha value is -3.26. The summed E-state index contributed by atoms with van der Waals surface area (Å²) in [5, 5.41) is 0. The Morgan fingerprint density at radius 2 is 1.83 bits per heavy atom. The Morgan fingerprint density at radius 3 is 2.53 bits per heavy atom. The summed E-state index contributed by atoms with van der Waals surface area (Å²) in [5.74, 6) is 0.650. The molecule has 8 heteroatoms. The zero-order chi connectivity index (χ0) is 25.4. The van der Waals surface area contributed by atoms with E-state index in [0.717, 1.165) is 46.9 Å². The van der Waals surface area contributed by atoms with Crippen molar-refractivity contribution in [2.45, 2.75) is 45.3 Å². The maximum absolute atomic E-state index is 15.7. The number of rotatable bonds is 5. The maximum atomic E-state index is 15.7. The number of nitrogens with one attached hydrogen (secondary N) is 1. The zero-order valence-corrected chi connectivity index (χ0v) is 20.9. The van der Waals surface area contributed by atoms with E-state index in [1.807, 2.05) is 26.0 Å². The van der Waals surface area contributed by atoms with Crippen molar-refractivity contribution in [3.63, 3.8) is 0 Å². The van der Waals surface area contributed by atoms with Gasteiger partial charge in [0.15, 0.2) is 0 Å². The molecule has 2 aliphatic heterocycles. The zero-order valence-electron chi connectivity index (χ0n) is 20.9. The average Bonchev–Trinajstić information content (AvgIpc) is 3.28. The van der Waals surface area contributed by atoms with Gasteiger partial charge in [0.1, 0.15) is 18.2 Å². The minimum Gasteiger partial charge on any atom is -0.399 e. The van der Waals surface area contributed by atoms with E-state index in [1.165, 1.54) is 0 Å². The van der Waals surface area contributed by atoms with Crippen molar-refractivity contribution in [3.8, 4) is 11.4 Å². The van der Waals surface area contributed by atoms with Crippen LogP contribution in [0.1, 0.15) is 51.3 Å². The molecule has 0 aliphatic carbocycles. The summed E-state index contributed by atoms with van der Waals surface area (Å²) >= 11 is 0. The highest BCUT2D eigenvalue weighted by Gasteiger charge is 2.38. The van der Waals surface area contributed by atoms with Gasteiger partial charge in [0, 0.05) is 74.5 Å². The number of carbonyl (C=O) groups is 1. The largest absolute Gasteiger partial charge is 0.399 e. The van der Waals surface area contributed by atoms with Crippen LogP contribution >= 0.6 is 0 Å². The molecule has 1 saturated heterocycles. The molecule has 0 radical (unpaired) electrons. The second-order valence-corrected chi connectivity index (χ2v) is 10.1. The molecule has 5 rings (SSSR count). The summed E-state index contributed by atoms with van der Waals surface area (Å²) in [5.41, 5.74) is 10.9. The van der Waals surface area contributed by atoms with Gasteiger partial charge in [-0.25, -0.2) is 13.8 Å². The molecule has 3 aromatic rings. The lowest BCUT2D eigenvalue weighted by atomic mass is 9.85. The third kappa shape index (κ3) is 4.62. The van der Waals surface area contributed by atoms with Crippen LogP contribution in [-0.2, 0) is 18.6 Å². The fourth-order valence-corrected chi connectivity index (χ4v) is 5.42. The summed E-state index contributed by atoms with van der Waals surface area (Å²) in [6.45, 7) is 6.12. The number of aryl methyl sites for hydroxylation is 2. The number of carbonyl (C=O) groups excluding carboxylic acids is 1. The van der Waals surface area contributed by atoms with Gasteiger partial charge in [-0.3, -0.25) is 9.69 Å². The van der Waals surface area contributed by atoms with E-state index in [4.69, 9.17) is 10.7 Å². The Kier molecular flexibility index (Phi) is 6.55. The number of alkyl halides is 2. The molecule has 0 spiro atoms. The van der Waals surface area contributed by atoms with Gasteiger partial charge in [0.05, 0.1) is 5.69 Å². The molecule has 2 aliphatic rings. The van der Waals surface area contributed by atoms with Crippen LogP contribution in [0.4, 0.5) is 14.5 Å². The minimum absolute atomic E-state index is 0.0847. The number of H-pyrrole nitrogens is 1. The molecule has 0 atom stereocenters. The smallest absolute Gasteiger partial charge is 0.254 e. The molecular weight excluding hydrogens is 460 g/mol. The van der Waals surface area contributed by atoms with Crippen LogP contribution in [0.15, 0.2) is 36.4 Å². The first-order chi connectivity index (χ1) is 17.3. The van der Waals surface area contributed by atoms with Gasteiger partial charge < -0.3 is 15.6 Å².